The number of oxime groups is 1. The van der Waals surface area contributed by atoms with E-state index in [1.165, 1.54) is 0 Å². The lowest BCUT2D eigenvalue weighted by Crippen LogP contribution is -1.96. The zero-order valence-corrected chi connectivity index (χ0v) is 6.88. The number of aromatic nitrogens is 1. The third-order valence-electron chi connectivity index (χ3n) is 1.24. The molecule has 2 N–H and O–H groups in total. The fraction of sp³-hybridized carbons (Fsp3) is 0.125. The molecule has 0 aromatic carbocycles. The van der Waals surface area contributed by atoms with Gasteiger partial charge in [-0.05, 0) is 12.1 Å². The molecule has 68 valence electrons. The number of nitrogens with two attached hydrogens (primary N) is 1. The largest absolute Gasteiger partial charge is 0.389 e. The number of anilines is 1. The Balaban J connectivity index is 2.45. The third-order valence-corrected chi connectivity index (χ3v) is 1.24. The molecule has 13 heavy (non-hydrogen) atoms. The number of carbonyl (C=O) groups excluding carboxylic acids is 1. The van der Waals surface area contributed by atoms with Crippen LogP contribution in [0.1, 0.15) is 5.69 Å². The monoisotopic (exact) mass is 179 g/mol. The summed E-state index contributed by atoms with van der Waals surface area (Å²) in [5.41, 5.74) is 6.10. The predicted molar refractivity (Wildman–Crippen MR) is 48.0 cm³/mol. The van der Waals surface area contributed by atoms with Gasteiger partial charge in [0.15, 0.2) is 12.9 Å². The zero-order valence-electron chi connectivity index (χ0n) is 6.88. The van der Waals surface area contributed by atoms with Gasteiger partial charge in [-0.15, -0.1) is 0 Å². The number of nitrogens with zero attached hydrogens (tertiary/aromatic N) is 2. The van der Waals surface area contributed by atoms with Crippen molar-refractivity contribution in [3.05, 3.63) is 23.9 Å². The van der Waals surface area contributed by atoms with E-state index in [1.807, 2.05) is 0 Å². The molecule has 0 radical (unpaired) electrons. The molecule has 0 fully saturated rings. The first-order valence-corrected chi connectivity index (χ1v) is 3.63. The molecule has 0 saturated heterocycles. The first-order chi connectivity index (χ1) is 6.33. The van der Waals surface area contributed by atoms with Crippen LogP contribution < -0.4 is 5.73 Å². The van der Waals surface area contributed by atoms with E-state index in [4.69, 9.17) is 10.6 Å². The highest BCUT2D eigenvalue weighted by atomic mass is 16.6. The summed E-state index contributed by atoms with van der Waals surface area (Å²) >= 11 is 0. The van der Waals surface area contributed by atoms with Crippen LogP contribution in [0.5, 0.6) is 0 Å². The lowest BCUT2D eigenvalue weighted by atomic mass is 10.3. The van der Waals surface area contributed by atoms with E-state index in [0.29, 0.717) is 17.8 Å². The molecule has 0 saturated carbocycles. The Labute approximate surface area is 75.2 Å². The molecule has 0 aliphatic carbocycles. The predicted octanol–water partition coefficient (Wildman–Crippen LogP) is 0.365. The van der Waals surface area contributed by atoms with Crippen molar-refractivity contribution in [2.45, 2.75) is 6.61 Å². The summed E-state index contributed by atoms with van der Waals surface area (Å²) in [4.78, 5) is 18.5. The van der Waals surface area contributed by atoms with E-state index in [9.17, 15) is 4.79 Å². The second kappa shape index (κ2) is 4.87. The van der Waals surface area contributed by atoms with Crippen molar-refractivity contribution in [1.82, 2.24) is 4.98 Å². The molecule has 1 heterocycles. The van der Waals surface area contributed by atoms with Gasteiger partial charge in [0.05, 0.1) is 5.69 Å². The quantitative estimate of drug-likeness (QED) is 0.411. The number of nitrogen functional groups attached to an aromatic ring is 1. The SMILES string of the molecule is Nc1cccc(CO/N=C\C=O)n1. The van der Waals surface area contributed by atoms with Crippen LogP contribution in [-0.4, -0.2) is 17.5 Å². The van der Waals surface area contributed by atoms with Gasteiger partial charge in [0.2, 0.25) is 0 Å². The fourth-order valence-electron chi connectivity index (χ4n) is 0.750. The zero-order chi connectivity index (χ0) is 9.52. The van der Waals surface area contributed by atoms with Crippen LogP contribution in [-0.2, 0) is 16.2 Å². The second-order valence-electron chi connectivity index (χ2n) is 2.22. The van der Waals surface area contributed by atoms with Crippen molar-refractivity contribution in [2.24, 2.45) is 5.16 Å². The molecule has 0 unspecified atom stereocenters. The molecule has 0 bridgehead atoms. The maximum Gasteiger partial charge on any atom is 0.164 e. The van der Waals surface area contributed by atoms with Crippen LogP contribution in [0.15, 0.2) is 23.4 Å². The molecule has 1 aromatic rings. The highest BCUT2D eigenvalue weighted by Crippen LogP contribution is 2.01. The standard InChI is InChI=1S/C8H9N3O2/c9-8-3-1-2-7(11-8)6-13-10-4-5-12/h1-5H,6H2,(H2,9,11)/b10-4-. The Morgan fingerprint density at radius 1 is 1.62 bits per heavy atom. The van der Waals surface area contributed by atoms with Gasteiger partial charge in [-0.3, -0.25) is 4.79 Å². The summed E-state index contributed by atoms with van der Waals surface area (Å²) in [5.74, 6) is 0.431. The van der Waals surface area contributed by atoms with Gasteiger partial charge < -0.3 is 10.6 Å². The van der Waals surface area contributed by atoms with Crippen LogP contribution >= 0.6 is 0 Å². The Hall–Kier alpha value is -1.91. The van der Waals surface area contributed by atoms with Crippen molar-refractivity contribution in [2.75, 3.05) is 5.73 Å². The summed E-state index contributed by atoms with van der Waals surface area (Å²) in [7, 11) is 0. The maximum absolute atomic E-state index is 9.81. The topological polar surface area (TPSA) is 77.6 Å². The van der Waals surface area contributed by atoms with Gasteiger partial charge in [-0.25, -0.2) is 4.98 Å². The number of hydrogen-bond acceptors (Lipinski definition) is 5. The van der Waals surface area contributed by atoms with Crippen LogP contribution in [0.25, 0.3) is 0 Å². The van der Waals surface area contributed by atoms with Gasteiger partial charge >= 0.3 is 0 Å². The first kappa shape index (κ1) is 9.18. The van der Waals surface area contributed by atoms with Crippen molar-refractivity contribution < 1.29 is 9.63 Å². The van der Waals surface area contributed by atoms with Crippen molar-refractivity contribution >= 4 is 18.3 Å². The van der Waals surface area contributed by atoms with Crippen molar-refractivity contribution in [3.63, 3.8) is 0 Å². The normalized spacial score (nSPS) is 10.2. The molecule has 5 nitrogen and oxygen atoms in total. The highest BCUT2D eigenvalue weighted by Gasteiger charge is 1.93. The van der Waals surface area contributed by atoms with E-state index in [2.05, 4.69) is 10.1 Å². The molecule has 0 spiro atoms. The molecule has 5 heteroatoms. The molecular weight excluding hydrogens is 170 g/mol. The minimum Gasteiger partial charge on any atom is -0.389 e. The molecule has 0 amide bonds. The number of aldehydes is 1. The van der Waals surface area contributed by atoms with Gasteiger partial charge in [0.25, 0.3) is 0 Å². The molecule has 0 aliphatic rings. The number of pyridine rings is 1. The number of rotatable bonds is 4. The van der Waals surface area contributed by atoms with Gasteiger partial charge in [0, 0.05) is 0 Å². The lowest BCUT2D eigenvalue weighted by Gasteiger charge is -1.98. The minimum absolute atomic E-state index is 0.204. The first-order valence-electron chi connectivity index (χ1n) is 3.63. The summed E-state index contributed by atoms with van der Waals surface area (Å²) < 4.78 is 0. The van der Waals surface area contributed by atoms with Crippen LogP contribution in [0.3, 0.4) is 0 Å². The van der Waals surface area contributed by atoms with Gasteiger partial charge in [0.1, 0.15) is 12.0 Å². The van der Waals surface area contributed by atoms with E-state index in [-0.39, 0.29) is 6.61 Å². The molecule has 1 rings (SSSR count). The van der Waals surface area contributed by atoms with Gasteiger partial charge in [-0.1, -0.05) is 11.2 Å². The van der Waals surface area contributed by atoms with E-state index >= 15 is 0 Å². The Bertz CT molecular complexity index is 312. The summed E-state index contributed by atoms with van der Waals surface area (Å²) in [6.45, 7) is 0.204. The fourth-order valence-corrected chi connectivity index (χ4v) is 0.750. The molecule has 0 atom stereocenters. The summed E-state index contributed by atoms with van der Waals surface area (Å²) in [6.07, 6.45) is 1.55. The van der Waals surface area contributed by atoms with Crippen molar-refractivity contribution in [3.8, 4) is 0 Å². The van der Waals surface area contributed by atoms with E-state index in [0.717, 1.165) is 6.21 Å². The van der Waals surface area contributed by atoms with Crippen LogP contribution in [0.2, 0.25) is 0 Å². The number of carbonyl (C=O) groups is 1. The maximum atomic E-state index is 9.81. The molecule has 1 aromatic heterocycles. The minimum atomic E-state index is 0.204. The Morgan fingerprint density at radius 2 is 2.46 bits per heavy atom. The molecular formula is C8H9N3O2. The summed E-state index contributed by atoms with van der Waals surface area (Å²) in [6, 6.07) is 5.20. The smallest absolute Gasteiger partial charge is 0.164 e. The van der Waals surface area contributed by atoms with Crippen molar-refractivity contribution in [1.29, 1.82) is 0 Å². The highest BCUT2D eigenvalue weighted by molar-refractivity contribution is 6.12. The van der Waals surface area contributed by atoms with Gasteiger partial charge in [-0.2, -0.15) is 0 Å². The van der Waals surface area contributed by atoms with E-state index in [1.54, 1.807) is 18.2 Å². The summed E-state index contributed by atoms with van der Waals surface area (Å²) in [5, 5.41) is 3.34. The third kappa shape index (κ3) is 3.33. The average Bonchev–Trinajstić information content (AvgIpc) is 2.13. The lowest BCUT2D eigenvalue weighted by molar-refractivity contribution is -0.102. The van der Waals surface area contributed by atoms with Crippen LogP contribution in [0.4, 0.5) is 5.82 Å². The number of hydrogen-bond donors (Lipinski definition) is 1. The Kier molecular flexibility index (Phi) is 3.44. The second-order valence-corrected chi connectivity index (χ2v) is 2.22. The molecule has 0 aliphatic heterocycles. The van der Waals surface area contributed by atoms with E-state index < -0.39 is 0 Å². The Morgan fingerprint density at radius 3 is 3.15 bits per heavy atom. The van der Waals surface area contributed by atoms with Crippen LogP contribution in [0, 0.1) is 0 Å². The average molecular weight is 179 g/mol.